The molecular weight excluding hydrogens is 310 g/mol. The van der Waals surface area contributed by atoms with Gasteiger partial charge in [0.05, 0.1) is 20.1 Å². The van der Waals surface area contributed by atoms with Crippen LogP contribution in [0.3, 0.4) is 0 Å². The fraction of sp³-hybridized carbons (Fsp3) is 0.556. The number of piperidine rings is 1. The number of epoxide rings is 1. The average molecular weight is 331 g/mol. The van der Waals surface area contributed by atoms with Crippen molar-refractivity contribution in [3.63, 3.8) is 0 Å². The molecule has 3 saturated heterocycles. The Balaban J connectivity index is 1.48. The highest BCUT2D eigenvalue weighted by molar-refractivity contribution is 5.99. The lowest BCUT2D eigenvalue weighted by molar-refractivity contribution is -0.938. The van der Waals surface area contributed by atoms with E-state index in [1.165, 1.54) is 0 Å². The third-order valence-corrected chi connectivity index (χ3v) is 5.93. The van der Waals surface area contributed by atoms with E-state index in [0.29, 0.717) is 30.5 Å². The molecule has 2 unspecified atom stereocenters. The molecule has 1 aromatic carbocycles. The number of ether oxygens (including phenoxy) is 2. The highest BCUT2D eigenvalue weighted by Crippen LogP contribution is 2.51. The second-order valence-corrected chi connectivity index (χ2v) is 7.52. The quantitative estimate of drug-likeness (QED) is 0.331. The van der Waals surface area contributed by atoms with Gasteiger partial charge in [0, 0.05) is 12.8 Å². The Labute approximate surface area is 140 Å². The van der Waals surface area contributed by atoms with Crippen LogP contribution < -0.4 is 5.11 Å². The van der Waals surface area contributed by atoms with Gasteiger partial charge in [-0.15, -0.1) is 0 Å². The molecule has 128 valence electrons. The fourth-order valence-electron chi connectivity index (χ4n) is 4.55. The number of benzene rings is 1. The first kappa shape index (κ1) is 15.6. The molecule has 3 heterocycles. The highest BCUT2D eigenvalue weighted by Gasteiger charge is 2.70. The lowest BCUT2D eigenvalue weighted by Crippen LogP contribution is -2.60. The van der Waals surface area contributed by atoms with Crippen molar-refractivity contribution >= 4 is 11.9 Å². The van der Waals surface area contributed by atoms with Crippen molar-refractivity contribution < 1.29 is 28.7 Å². The largest absolute Gasteiger partial charge is 0.549 e. The van der Waals surface area contributed by atoms with Gasteiger partial charge < -0.3 is 23.9 Å². The molecule has 0 aromatic heterocycles. The van der Waals surface area contributed by atoms with Crippen molar-refractivity contribution in [2.75, 3.05) is 14.1 Å². The summed E-state index contributed by atoms with van der Waals surface area (Å²) in [7, 11) is 4.38. The Morgan fingerprint density at radius 1 is 1.17 bits per heavy atom. The van der Waals surface area contributed by atoms with Crippen LogP contribution in [0, 0.1) is 0 Å². The minimum absolute atomic E-state index is 0.249. The van der Waals surface area contributed by atoms with Crippen molar-refractivity contribution in [3.8, 4) is 0 Å². The van der Waals surface area contributed by atoms with E-state index >= 15 is 0 Å². The Kier molecular flexibility index (Phi) is 3.44. The summed E-state index contributed by atoms with van der Waals surface area (Å²) in [6, 6.07) is 9.00. The molecule has 3 aliphatic rings. The summed E-state index contributed by atoms with van der Waals surface area (Å²) in [5.74, 6) is -3.53. The van der Waals surface area contributed by atoms with Gasteiger partial charge in [-0.2, -0.15) is 0 Å². The van der Waals surface area contributed by atoms with Crippen molar-refractivity contribution in [1.82, 2.24) is 0 Å². The first-order chi connectivity index (χ1) is 11.4. The molecule has 24 heavy (non-hydrogen) atoms. The van der Waals surface area contributed by atoms with Gasteiger partial charge >= 0.3 is 5.97 Å². The van der Waals surface area contributed by atoms with Crippen LogP contribution in [0.1, 0.15) is 24.3 Å². The molecule has 0 saturated carbocycles. The van der Waals surface area contributed by atoms with E-state index in [-0.39, 0.29) is 18.3 Å². The normalized spacial score (nSPS) is 36.5. The summed E-state index contributed by atoms with van der Waals surface area (Å²) in [6.45, 7) is 0. The predicted molar refractivity (Wildman–Crippen MR) is 81.6 cm³/mol. The Hall–Kier alpha value is -1.92. The molecular formula is C18H21NO5. The molecule has 1 aromatic rings. The number of carboxylic acid groups (broad SMARTS) is 1. The Morgan fingerprint density at radius 3 is 2.29 bits per heavy atom. The number of morpholine rings is 1. The zero-order valence-electron chi connectivity index (χ0n) is 13.8. The van der Waals surface area contributed by atoms with Crippen LogP contribution in [0.2, 0.25) is 0 Å². The van der Waals surface area contributed by atoms with Crippen LogP contribution in [0.25, 0.3) is 0 Å². The smallest absolute Gasteiger partial charge is 0.319 e. The molecule has 6 atom stereocenters. The molecule has 0 amide bonds. The second kappa shape index (κ2) is 5.29. The number of rotatable bonds is 4. The molecule has 6 nitrogen and oxygen atoms in total. The van der Waals surface area contributed by atoms with E-state index in [9.17, 15) is 14.7 Å². The number of aliphatic carboxylic acids is 1. The lowest BCUT2D eigenvalue weighted by Gasteiger charge is -2.45. The molecule has 6 heteroatoms. The monoisotopic (exact) mass is 331 g/mol. The minimum atomic E-state index is -1.42. The van der Waals surface area contributed by atoms with E-state index in [1.807, 2.05) is 0 Å². The summed E-state index contributed by atoms with van der Waals surface area (Å²) >= 11 is 0. The number of hydrogen-bond acceptors (Lipinski definition) is 5. The number of quaternary nitrogens is 1. The van der Waals surface area contributed by atoms with Gasteiger partial charge in [-0.3, -0.25) is 4.79 Å². The number of esters is 1. The Morgan fingerprint density at radius 2 is 1.75 bits per heavy atom. The van der Waals surface area contributed by atoms with Gasteiger partial charge in [-0.25, -0.2) is 0 Å². The zero-order valence-corrected chi connectivity index (χ0v) is 13.8. The van der Waals surface area contributed by atoms with E-state index in [1.54, 1.807) is 30.3 Å². The summed E-state index contributed by atoms with van der Waals surface area (Å²) < 4.78 is 12.2. The molecule has 3 aliphatic heterocycles. The van der Waals surface area contributed by atoms with Gasteiger partial charge in [-0.05, 0) is 5.56 Å². The maximum Gasteiger partial charge on any atom is 0.319 e. The number of likely N-dealkylation sites (N-methyl/N-ethyl adjacent to an activating group) is 1. The molecule has 0 aliphatic carbocycles. The maximum atomic E-state index is 12.5. The standard InChI is InChI=1S/C18H21NO5/c1-19(2)12-8-11(9-13(19)16-15(12)24-16)23-18(22)14(17(20)21)10-6-4-3-5-7-10/h3-7,11-16H,8-9H2,1-2H3/t11?,12-,13+,14?,15-,16+. The molecule has 0 N–H and O–H groups in total. The SMILES string of the molecule is C[N+]1(C)[C@@H]2CC(OC(=O)C(C(=O)[O-])c3ccccc3)C[C@H]1[C@@H]1O[C@@H]12. The van der Waals surface area contributed by atoms with Crippen LogP contribution in [-0.4, -0.2) is 60.9 Å². The van der Waals surface area contributed by atoms with E-state index in [0.717, 1.165) is 4.48 Å². The zero-order chi connectivity index (χ0) is 17.1. The lowest BCUT2D eigenvalue weighted by atomic mass is 9.95. The van der Waals surface area contributed by atoms with Crippen molar-refractivity contribution in [2.24, 2.45) is 0 Å². The van der Waals surface area contributed by atoms with Crippen LogP contribution in [-0.2, 0) is 19.1 Å². The summed E-state index contributed by atoms with van der Waals surface area (Å²) in [4.78, 5) is 23.9. The van der Waals surface area contributed by atoms with Crippen LogP contribution in [0.5, 0.6) is 0 Å². The highest BCUT2D eigenvalue weighted by atomic mass is 16.6. The summed E-state index contributed by atoms with van der Waals surface area (Å²) in [5, 5.41) is 11.5. The van der Waals surface area contributed by atoms with Crippen molar-refractivity contribution in [3.05, 3.63) is 35.9 Å². The number of hydrogen-bond donors (Lipinski definition) is 0. The number of carbonyl (C=O) groups is 2. The van der Waals surface area contributed by atoms with Gasteiger partial charge in [0.2, 0.25) is 0 Å². The van der Waals surface area contributed by atoms with Gasteiger partial charge in [-0.1, -0.05) is 30.3 Å². The van der Waals surface area contributed by atoms with Gasteiger partial charge in [0.25, 0.3) is 0 Å². The number of fused-ring (bicyclic) bond motifs is 5. The third kappa shape index (κ3) is 2.32. The summed E-state index contributed by atoms with van der Waals surface area (Å²) in [5.41, 5.74) is 0.392. The molecule has 0 radical (unpaired) electrons. The minimum Gasteiger partial charge on any atom is -0.549 e. The van der Waals surface area contributed by atoms with Crippen LogP contribution in [0.4, 0.5) is 0 Å². The predicted octanol–water partition coefficient (Wildman–Crippen LogP) is -0.180. The van der Waals surface area contributed by atoms with Crippen molar-refractivity contribution in [1.29, 1.82) is 0 Å². The molecule has 3 fully saturated rings. The number of carbonyl (C=O) groups excluding carboxylic acids is 2. The second-order valence-electron chi connectivity index (χ2n) is 7.52. The number of nitrogens with zero attached hydrogens (tertiary/aromatic N) is 1. The maximum absolute atomic E-state index is 12.5. The van der Waals surface area contributed by atoms with E-state index in [4.69, 9.17) is 9.47 Å². The van der Waals surface area contributed by atoms with Crippen LogP contribution in [0.15, 0.2) is 30.3 Å². The number of carboxylic acids is 1. The average Bonchev–Trinajstić information content (AvgIpc) is 3.26. The van der Waals surface area contributed by atoms with E-state index < -0.39 is 17.9 Å². The summed E-state index contributed by atoms with van der Waals surface area (Å²) in [6.07, 6.45) is 1.70. The third-order valence-electron chi connectivity index (χ3n) is 5.93. The molecule has 2 bridgehead atoms. The first-order valence-corrected chi connectivity index (χ1v) is 8.34. The fourth-order valence-corrected chi connectivity index (χ4v) is 4.55. The first-order valence-electron chi connectivity index (χ1n) is 8.34. The molecule has 0 spiro atoms. The van der Waals surface area contributed by atoms with Gasteiger partial charge in [0.15, 0.2) is 0 Å². The Bertz CT molecular complexity index is 653. The van der Waals surface area contributed by atoms with E-state index in [2.05, 4.69) is 14.1 Å². The topological polar surface area (TPSA) is 79.0 Å². The van der Waals surface area contributed by atoms with Crippen LogP contribution >= 0.6 is 0 Å². The van der Waals surface area contributed by atoms with Gasteiger partial charge in [0.1, 0.15) is 36.3 Å². The van der Waals surface area contributed by atoms with Crippen molar-refractivity contribution in [2.45, 2.75) is 49.2 Å². The molecule has 4 rings (SSSR count).